The Morgan fingerprint density at radius 1 is 1.27 bits per heavy atom. The van der Waals surface area contributed by atoms with Crippen LogP contribution in [0.4, 0.5) is 4.79 Å². The summed E-state index contributed by atoms with van der Waals surface area (Å²) in [6.45, 7) is 14.7. The van der Waals surface area contributed by atoms with Gasteiger partial charge in [0.1, 0.15) is 11.6 Å². The zero-order chi connectivity index (χ0) is 17.6. The first-order valence-electron chi connectivity index (χ1n) is 7.40. The summed E-state index contributed by atoms with van der Waals surface area (Å²) < 4.78 is 5.14. The molecule has 0 heterocycles. The van der Waals surface area contributed by atoms with Crippen LogP contribution in [0.15, 0.2) is 24.3 Å². The van der Waals surface area contributed by atoms with Gasteiger partial charge in [-0.2, -0.15) is 0 Å². The van der Waals surface area contributed by atoms with Crippen LogP contribution in [0.2, 0.25) is 0 Å². The second-order valence-electron chi connectivity index (χ2n) is 6.95. The number of hydrogen-bond acceptors (Lipinski definition) is 3. The third-order valence-electron chi connectivity index (χ3n) is 3.27. The number of rotatable bonds is 7. The Labute approximate surface area is 133 Å². The first-order chi connectivity index (χ1) is 9.91. The molecule has 0 unspecified atom stereocenters. The van der Waals surface area contributed by atoms with Crippen LogP contribution in [0.5, 0.6) is 0 Å². The van der Waals surface area contributed by atoms with Crippen molar-refractivity contribution in [3.63, 3.8) is 0 Å². The molecule has 0 saturated heterocycles. The Hall–Kier alpha value is -1.78. The molecule has 2 atom stereocenters. The maximum Gasteiger partial charge on any atom is 0.408 e. The second-order valence-corrected chi connectivity index (χ2v) is 6.95. The minimum absolute atomic E-state index is 0.564. The van der Waals surface area contributed by atoms with Crippen molar-refractivity contribution in [1.29, 1.82) is 0 Å². The number of alkyl carbamates (subject to hydrolysis) is 1. The highest BCUT2D eigenvalue weighted by molar-refractivity contribution is 5.81. The van der Waals surface area contributed by atoms with Gasteiger partial charge in [-0.15, -0.1) is 6.58 Å². The Bertz CT molecular complexity index is 444. The number of carbonyl (C=O) groups is 2. The van der Waals surface area contributed by atoms with E-state index < -0.39 is 29.1 Å². The van der Waals surface area contributed by atoms with Gasteiger partial charge in [-0.3, -0.25) is 0 Å². The van der Waals surface area contributed by atoms with Crippen LogP contribution in [-0.2, 0) is 9.53 Å². The number of carbonyl (C=O) groups excluding carboxylic acids is 1. The number of ether oxygens (including phenoxy) is 1. The smallest absolute Gasteiger partial charge is 0.408 e. The van der Waals surface area contributed by atoms with E-state index in [4.69, 9.17) is 4.74 Å². The van der Waals surface area contributed by atoms with Gasteiger partial charge in [0.05, 0.1) is 0 Å². The summed E-state index contributed by atoms with van der Waals surface area (Å²) >= 11 is 0. The first kappa shape index (κ1) is 20.2. The monoisotopic (exact) mass is 311 g/mol. The van der Waals surface area contributed by atoms with E-state index in [0.717, 1.165) is 0 Å². The summed E-state index contributed by atoms with van der Waals surface area (Å²) in [5.41, 5.74) is -0.285. The normalized spacial score (nSPS) is 15.2. The van der Waals surface area contributed by atoms with E-state index in [9.17, 15) is 14.7 Å². The molecule has 0 saturated carbocycles. The average molecular weight is 311 g/mol. The van der Waals surface area contributed by atoms with Crippen molar-refractivity contribution in [2.24, 2.45) is 5.41 Å². The maximum atomic E-state index is 11.9. The Balaban J connectivity index is 5.09. The summed E-state index contributed by atoms with van der Waals surface area (Å²) in [6.07, 6.45) is 4.16. The highest BCUT2D eigenvalue weighted by Crippen LogP contribution is 2.30. The molecule has 0 fully saturated rings. The molecule has 0 aromatic heterocycles. The minimum Gasteiger partial charge on any atom is -0.480 e. The molecule has 0 bridgehead atoms. The number of hydrogen-bond donors (Lipinski definition) is 2. The summed E-state index contributed by atoms with van der Waals surface area (Å²) in [7, 11) is 0. The van der Waals surface area contributed by atoms with Crippen molar-refractivity contribution < 1.29 is 19.4 Å². The van der Waals surface area contributed by atoms with E-state index >= 15 is 0 Å². The van der Waals surface area contributed by atoms with Crippen LogP contribution in [0, 0.1) is 5.41 Å². The van der Waals surface area contributed by atoms with Crippen molar-refractivity contribution in [2.75, 3.05) is 0 Å². The van der Waals surface area contributed by atoms with Gasteiger partial charge in [-0.1, -0.05) is 24.6 Å². The van der Waals surface area contributed by atoms with Crippen molar-refractivity contribution in [3.8, 4) is 0 Å². The zero-order valence-corrected chi connectivity index (χ0v) is 14.5. The highest BCUT2D eigenvalue weighted by atomic mass is 16.6. The molecule has 0 aliphatic rings. The molecule has 0 aromatic carbocycles. The van der Waals surface area contributed by atoms with Gasteiger partial charge in [-0.25, -0.2) is 9.59 Å². The fourth-order valence-corrected chi connectivity index (χ4v) is 1.97. The highest BCUT2D eigenvalue weighted by Gasteiger charge is 2.38. The molecule has 0 aliphatic carbocycles. The van der Waals surface area contributed by atoms with E-state index in [2.05, 4.69) is 11.9 Å². The Morgan fingerprint density at radius 2 is 1.82 bits per heavy atom. The third-order valence-corrected chi connectivity index (χ3v) is 3.27. The van der Waals surface area contributed by atoms with Gasteiger partial charge in [0.25, 0.3) is 0 Å². The van der Waals surface area contributed by atoms with E-state index in [-0.39, 0.29) is 0 Å². The van der Waals surface area contributed by atoms with Crippen LogP contribution in [0.3, 0.4) is 0 Å². The fourth-order valence-electron chi connectivity index (χ4n) is 1.97. The summed E-state index contributed by atoms with van der Waals surface area (Å²) in [5, 5.41) is 11.9. The molecule has 0 aromatic rings. The summed E-state index contributed by atoms with van der Waals surface area (Å²) in [6, 6.07) is -1.09. The van der Waals surface area contributed by atoms with Crippen molar-refractivity contribution in [3.05, 3.63) is 24.3 Å². The topological polar surface area (TPSA) is 75.6 Å². The average Bonchev–Trinajstić information content (AvgIpc) is 2.32. The Kier molecular flexibility index (Phi) is 7.36. The third kappa shape index (κ3) is 7.29. The van der Waals surface area contributed by atoms with Crippen LogP contribution < -0.4 is 5.32 Å². The van der Waals surface area contributed by atoms with E-state index in [1.165, 1.54) is 5.57 Å². The van der Waals surface area contributed by atoms with Gasteiger partial charge < -0.3 is 15.2 Å². The lowest BCUT2D eigenvalue weighted by atomic mass is 9.78. The largest absolute Gasteiger partial charge is 0.480 e. The van der Waals surface area contributed by atoms with E-state index in [1.807, 2.05) is 19.9 Å². The predicted octanol–water partition coefficient (Wildman–Crippen LogP) is 3.90. The zero-order valence-electron chi connectivity index (χ0n) is 14.5. The molecule has 5 nitrogen and oxygen atoms in total. The molecular formula is C17H29NO4. The maximum absolute atomic E-state index is 11.9. The molecule has 0 spiro atoms. The summed E-state index contributed by atoms with van der Waals surface area (Å²) in [4.78, 5) is 23.4. The molecular weight excluding hydrogens is 282 g/mol. The molecule has 0 radical (unpaired) electrons. The van der Waals surface area contributed by atoms with Gasteiger partial charge in [0.15, 0.2) is 0 Å². The summed E-state index contributed by atoms with van der Waals surface area (Å²) in [5.74, 6) is -1.11. The van der Waals surface area contributed by atoms with Gasteiger partial charge >= 0.3 is 12.1 Å². The minimum atomic E-state index is -1.11. The number of carboxylic acid groups (broad SMARTS) is 1. The van der Waals surface area contributed by atoms with Crippen LogP contribution in [-0.4, -0.2) is 28.8 Å². The molecule has 2 N–H and O–H groups in total. The van der Waals surface area contributed by atoms with Crippen molar-refractivity contribution >= 4 is 12.1 Å². The van der Waals surface area contributed by atoms with Gasteiger partial charge in [0.2, 0.25) is 0 Å². The first-order valence-corrected chi connectivity index (χ1v) is 7.40. The second kappa shape index (κ2) is 8.01. The number of amides is 1. The van der Waals surface area contributed by atoms with E-state index in [1.54, 1.807) is 33.8 Å². The lowest BCUT2D eigenvalue weighted by Gasteiger charge is -2.33. The van der Waals surface area contributed by atoms with Crippen LogP contribution >= 0.6 is 0 Å². The number of allylic oxidation sites excluding steroid dienone is 2. The van der Waals surface area contributed by atoms with Crippen LogP contribution in [0.1, 0.15) is 54.4 Å². The lowest BCUT2D eigenvalue weighted by Crippen LogP contribution is -2.51. The van der Waals surface area contributed by atoms with Gasteiger partial charge in [-0.05, 0) is 47.5 Å². The number of aliphatic carboxylic acids is 1. The van der Waals surface area contributed by atoms with E-state index in [0.29, 0.717) is 12.8 Å². The van der Waals surface area contributed by atoms with Crippen molar-refractivity contribution in [2.45, 2.75) is 66.0 Å². The van der Waals surface area contributed by atoms with Crippen molar-refractivity contribution in [1.82, 2.24) is 5.32 Å². The molecule has 126 valence electrons. The molecule has 5 heteroatoms. The Morgan fingerprint density at radius 3 is 2.18 bits per heavy atom. The SMILES string of the molecule is C=C[C@@](C)(CCC=C(C)C)[C@H](NC(=O)OC(C)(C)C)C(=O)O. The lowest BCUT2D eigenvalue weighted by molar-refractivity contribution is -0.142. The number of nitrogens with one attached hydrogen (secondary N) is 1. The van der Waals surface area contributed by atoms with Crippen LogP contribution in [0.25, 0.3) is 0 Å². The standard InChI is InChI=1S/C17H29NO4/c1-8-17(7,11-9-10-12(2)3)13(14(19)20)18-15(21)22-16(4,5)6/h8,10,13H,1,9,11H2,2-7H3,(H,18,21)(H,19,20)/t13-,17+/m1/s1. The predicted molar refractivity (Wildman–Crippen MR) is 87.8 cm³/mol. The molecule has 22 heavy (non-hydrogen) atoms. The molecule has 1 amide bonds. The fraction of sp³-hybridized carbons (Fsp3) is 0.647. The quantitative estimate of drug-likeness (QED) is 0.699. The van der Waals surface area contributed by atoms with Gasteiger partial charge in [0, 0.05) is 5.41 Å². The molecule has 0 aliphatic heterocycles. The molecule has 0 rings (SSSR count). The number of carboxylic acids is 1.